The molecule has 9 nitrogen and oxygen atoms in total. The first-order valence-electron chi connectivity index (χ1n) is 38.4. The van der Waals surface area contributed by atoms with Crippen molar-refractivity contribution in [3.05, 3.63) is 255 Å². The van der Waals surface area contributed by atoms with Gasteiger partial charge in [0.15, 0.2) is 6.10 Å². The van der Waals surface area contributed by atoms with Gasteiger partial charge in [-0.05, 0) is 173 Å². The quantitative estimate of drug-likeness (QED) is 0.0211. The van der Waals surface area contributed by atoms with Gasteiger partial charge in [0, 0.05) is 12.8 Å². The maximum absolute atomic E-state index is 12.9. The van der Waals surface area contributed by atoms with Crippen molar-refractivity contribution in [2.45, 2.75) is 251 Å². The molecule has 0 aromatic carbocycles. The number of carbonyl (C=O) groups excluding carboxylic acids is 2. The van der Waals surface area contributed by atoms with E-state index in [1.165, 1.54) is 0 Å². The lowest BCUT2D eigenvalue weighted by Crippen LogP contribution is -2.37. The van der Waals surface area contributed by atoms with Crippen LogP contribution >= 0.6 is 7.82 Å². The van der Waals surface area contributed by atoms with Gasteiger partial charge >= 0.3 is 19.8 Å². The zero-order chi connectivity index (χ0) is 72.5. The van der Waals surface area contributed by atoms with Crippen LogP contribution in [0.15, 0.2) is 255 Å². The van der Waals surface area contributed by atoms with E-state index in [0.29, 0.717) is 23.9 Å². The lowest BCUT2D eigenvalue weighted by atomic mass is 10.1. The molecule has 0 aliphatic heterocycles. The monoisotopic (exact) mass is 1390 g/mol. The fourth-order valence-corrected chi connectivity index (χ4v) is 10.0. The van der Waals surface area contributed by atoms with Crippen LogP contribution in [-0.2, 0) is 32.7 Å². The number of quaternary nitrogens is 1. The third-order valence-corrected chi connectivity index (χ3v) is 16.0. The van der Waals surface area contributed by atoms with Crippen molar-refractivity contribution in [1.29, 1.82) is 0 Å². The van der Waals surface area contributed by atoms with Gasteiger partial charge in [0.25, 0.3) is 0 Å². The number of hydrogen-bond acceptors (Lipinski definition) is 7. The highest BCUT2D eigenvalue weighted by Gasteiger charge is 2.27. The van der Waals surface area contributed by atoms with Gasteiger partial charge in [-0.25, -0.2) is 4.57 Å². The predicted octanol–water partition coefficient (Wildman–Crippen LogP) is 26.0. The van der Waals surface area contributed by atoms with Crippen molar-refractivity contribution >= 4 is 19.8 Å². The average molecular weight is 1390 g/mol. The van der Waals surface area contributed by atoms with Crippen LogP contribution < -0.4 is 0 Å². The number of phosphoric acid groups is 1. The van der Waals surface area contributed by atoms with Gasteiger partial charge in [0.05, 0.1) is 27.7 Å². The molecule has 0 aromatic heterocycles. The molecule has 0 spiro atoms. The molecule has 0 heterocycles. The highest BCUT2D eigenvalue weighted by molar-refractivity contribution is 7.47. The average Bonchev–Trinajstić information content (AvgIpc) is 1.07. The Hall–Kier alpha value is -6.45. The van der Waals surface area contributed by atoms with E-state index in [4.69, 9.17) is 18.5 Å². The second kappa shape index (κ2) is 76.7. The molecule has 10 heteroatoms. The van der Waals surface area contributed by atoms with Crippen molar-refractivity contribution in [3.63, 3.8) is 0 Å². The Morgan fingerprint density at radius 3 is 0.800 bits per heavy atom. The van der Waals surface area contributed by atoms with Gasteiger partial charge in [-0.15, -0.1) is 0 Å². The maximum atomic E-state index is 12.9. The lowest BCUT2D eigenvalue weighted by molar-refractivity contribution is -0.870. The van der Waals surface area contributed by atoms with E-state index in [-0.39, 0.29) is 26.1 Å². The summed E-state index contributed by atoms with van der Waals surface area (Å²) >= 11 is 0. The van der Waals surface area contributed by atoms with Gasteiger partial charge in [-0.2, -0.15) is 0 Å². The molecule has 0 aliphatic rings. The predicted molar refractivity (Wildman–Crippen MR) is 435 cm³/mol. The summed E-state index contributed by atoms with van der Waals surface area (Å²) in [7, 11) is 1.42. The van der Waals surface area contributed by atoms with Crippen molar-refractivity contribution in [3.8, 4) is 0 Å². The molecule has 100 heavy (non-hydrogen) atoms. The summed E-state index contributed by atoms with van der Waals surface area (Å²) in [6.45, 7) is 4.13. The van der Waals surface area contributed by atoms with Crippen LogP contribution in [0.5, 0.6) is 0 Å². The van der Waals surface area contributed by atoms with E-state index in [0.717, 1.165) is 205 Å². The summed E-state index contributed by atoms with van der Waals surface area (Å²) in [6, 6.07) is 0. The number of likely N-dealkylation sites (N-methyl/N-ethyl adjacent to an activating group) is 1. The van der Waals surface area contributed by atoms with Crippen LogP contribution in [0.3, 0.4) is 0 Å². The second-order valence-electron chi connectivity index (χ2n) is 25.6. The van der Waals surface area contributed by atoms with Crippen LogP contribution in [0, 0.1) is 0 Å². The molecular weight excluding hydrogens is 1250 g/mol. The number of unbranched alkanes of at least 4 members (excludes halogenated alkanes) is 11. The Balaban J connectivity index is 4.21. The van der Waals surface area contributed by atoms with Gasteiger partial charge in [0.2, 0.25) is 0 Å². The van der Waals surface area contributed by atoms with E-state index >= 15 is 0 Å². The molecule has 0 rings (SSSR count). The Morgan fingerprint density at radius 2 is 0.540 bits per heavy atom. The number of esters is 2. The van der Waals surface area contributed by atoms with Crippen LogP contribution in [0.1, 0.15) is 245 Å². The number of carbonyl (C=O) groups is 2. The van der Waals surface area contributed by atoms with Gasteiger partial charge in [-0.3, -0.25) is 18.6 Å². The number of rotatable bonds is 67. The lowest BCUT2D eigenvalue weighted by Gasteiger charge is -2.24. The fourth-order valence-electron chi connectivity index (χ4n) is 9.28. The third kappa shape index (κ3) is 80.5. The minimum Gasteiger partial charge on any atom is -0.462 e. The van der Waals surface area contributed by atoms with Crippen LogP contribution in [-0.4, -0.2) is 74.9 Å². The van der Waals surface area contributed by atoms with Crippen molar-refractivity contribution in [2.24, 2.45) is 0 Å². The Bertz CT molecular complexity index is 2650. The zero-order valence-electron chi connectivity index (χ0n) is 63.3. The molecule has 0 saturated carbocycles. The molecular formula is C90H139NO8P+. The molecule has 0 bridgehead atoms. The number of phosphoric ester groups is 1. The van der Waals surface area contributed by atoms with Gasteiger partial charge < -0.3 is 18.9 Å². The van der Waals surface area contributed by atoms with Crippen LogP contribution in [0.2, 0.25) is 0 Å². The SMILES string of the molecule is CC/C=C\C/C=C\C/C=C\C/C=C\C/C=C\C/C=C\C/C=C\C/C=C\C/C=C\C/C=C\C/C=C\CCCCCCCC(=O)OC(COC(=O)CCCCCCCC/C=C\C/C=C\C/C=C\C/C=C\C/C=C\C/C=C\C/C=C\C/C=C\C/C=C\C/C=C\CC)COP(=O)(O)OCC[N+](C)(C)C. The van der Waals surface area contributed by atoms with E-state index in [1.54, 1.807) is 0 Å². The Morgan fingerprint density at radius 1 is 0.310 bits per heavy atom. The van der Waals surface area contributed by atoms with E-state index < -0.39 is 32.5 Å². The summed E-state index contributed by atoms with van der Waals surface area (Å²) in [4.78, 5) is 35.9. The molecule has 2 atom stereocenters. The summed E-state index contributed by atoms with van der Waals surface area (Å²) in [5, 5.41) is 0. The number of nitrogens with zero attached hydrogens (tertiary/aromatic N) is 1. The normalized spacial score (nSPS) is 14.5. The van der Waals surface area contributed by atoms with Crippen molar-refractivity contribution in [2.75, 3.05) is 47.5 Å². The highest BCUT2D eigenvalue weighted by atomic mass is 31.2. The number of hydrogen-bond donors (Lipinski definition) is 1. The van der Waals surface area contributed by atoms with Crippen LogP contribution in [0.25, 0.3) is 0 Å². The molecule has 1 N–H and O–H groups in total. The summed E-state index contributed by atoms with van der Waals surface area (Å²) in [5.41, 5.74) is 0. The molecule has 0 aromatic rings. The van der Waals surface area contributed by atoms with E-state index in [1.807, 2.05) is 21.1 Å². The number of allylic oxidation sites excluding steroid dienone is 42. The first kappa shape index (κ1) is 93.6. The molecule has 0 fully saturated rings. The maximum Gasteiger partial charge on any atom is 0.472 e. The smallest absolute Gasteiger partial charge is 0.462 e. The Kier molecular flexibility index (Phi) is 71.8. The van der Waals surface area contributed by atoms with Crippen molar-refractivity contribution < 1.29 is 42.1 Å². The molecule has 0 amide bonds. The molecule has 556 valence electrons. The molecule has 0 aliphatic carbocycles. The van der Waals surface area contributed by atoms with Gasteiger partial charge in [-0.1, -0.05) is 314 Å². The Labute approximate surface area is 612 Å². The largest absolute Gasteiger partial charge is 0.472 e. The standard InChI is InChI=1S/C90H138NO8P/c1-6-8-10-12-14-16-18-20-22-24-26-28-30-32-34-36-38-40-42-44-45-47-49-51-53-55-57-59-61-63-65-67-69-71-73-75-77-79-81-83-90(93)99-88(87-98-100(94,95)97-85-84-91(3,4)5)86-96-89(92)82-80-78-76-74-72-70-68-66-64-62-60-58-56-54-52-50-48-46-43-41-39-37-35-33-31-29-27-25-23-21-19-17-15-13-11-9-7-2/h8-11,14-17,20-23,26-29,32-35,38-41,44-46,48-49,51-52,54-55,57-58,60-61,63-64,66-67,69,88H,6-7,12-13,18-19,24-25,30-31,36-37,42-43,47,50,53,56,59,62,65,68,70-87H2,1-5H3/p+1/b10-8-,11-9-,16-14-,17-15-,22-20-,23-21-,28-26-,29-27-,34-32-,35-33-,40-38-,41-39-,45-44-,48-46-,51-49-,54-52-,57-55-,60-58-,63-61-,66-64-,69-67-. The second-order valence-corrected chi connectivity index (χ2v) is 27.0. The minimum absolute atomic E-state index is 0.0103. The molecule has 0 radical (unpaired) electrons. The highest BCUT2D eigenvalue weighted by Crippen LogP contribution is 2.43. The van der Waals surface area contributed by atoms with E-state index in [9.17, 15) is 19.0 Å². The summed E-state index contributed by atoms with van der Waals surface area (Å²) < 4.78 is 34.7. The zero-order valence-corrected chi connectivity index (χ0v) is 64.2. The van der Waals surface area contributed by atoms with E-state index in [2.05, 4.69) is 269 Å². The first-order valence-corrected chi connectivity index (χ1v) is 39.9. The topological polar surface area (TPSA) is 108 Å². The summed E-state index contributed by atoms with van der Waals surface area (Å²) in [6.07, 6.45) is 127. The molecule has 0 saturated heterocycles. The van der Waals surface area contributed by atoms with Gasteiger partial charge in [0.1, 0.15) is 19.8 Å². The molecule has 2 unspecified atom stereocenters. The van der Waals surface area contributed by atoms with Crippen molar-refractivity contribution in [1.82, 2.24) is 0 Å². The van der Waals surface area contributed by atoms with Crippen LogP contribution in [0.4, 0.5) is 0 Å². The third-order valence-electron chi connectivity index (χ3n) is 15.1. The summed E-state index contributed by atoms with van der Waals surface area (Å²) in [5.74, 6) is -0.858. The number of ether oxygens (including phenoxy) is 2. The first-order chi connectivity index (χ1) is 49.0. The fraction of sp³-hybridized carbons (Fsp3) is 0.511. The minimum atomic E-state index is -4.43.